The molecule has 11 rings (SSSR count). The second-order valence-corrected chi connectivity index (χ2v) is 15.1. The van der Waals surface area contributed by atoms with Crippen LogP contribution >= 0.6 is 0 Å². The molecule has 61 heavy (non-hydrogen) atoms. The predicted molar refractivity (Wildman–Crippen MR) is 250 cm³/mol. The van der Waals surface area contributed by atoms with Gasteiger partial charge in [-0.2, -0.15) is 0 Å². The van der Waals surface area contributed by atoms with Crippen molar-refractivity contribution in [3.05, 3.63) is 224 Å². The molecular weight excluding hydrogens is 743 g/mol. The van der Waals surface area contributed by atoms with Crippen LogP contribution in [0.2, 0.25) is 0 Å². The van der Waals surface area contributed by atoms with Gasteiger partial charge in [0, 0.05) is 38.6 Å². The second-order valence-electron chi connectivity index (χ2n) is 15.1. The summed E-state index contributed by atoms with van der Waals surface area (Å²) in [6.45, 7) is 0. The van der Waals surface area contributed by atoms with E-state index in [1.54, 1.807) is 0 Å². The Morgan fingerprint density at radius 2 is 0.623 bits per heavy atom. The van der Waals surface area contributed by atoms with Crippen LogP contribution in [0.4, 0.5) is 0 Å². The third-order valence-electron chi connectivity index (χ3n) is 11.3. The van der Waals surface area contributed by atoms with Gasteiger partial charge in [-0.05, 0) is 33.9 Å². The van der Waals surface area contributed by atoms with Crippen molar-refractivity contribution < 1.29 is 0 Å². The molecule has 0 aliphatic rings. The first kappa shape index (κ1) is 35.8. The summed E-state index contributed by atoms with van der Waals surface area (Å²) in [6, 6.07) is 78.0. The van der Waals surface area contributed by atoms with Crippen molar-refractivity contribution in [2.75, 3.05) is 0 Å². The lowest BCUT2D eigenvalue weighted by Crippen LogP contribution is -2.03. The molecule has 0 spiro atoms. The quantitative estimate of drug-likeness (QED) is 0.154. The number of rotatable bonds is 8. The zero-order valence-corrected chi connectivity index (χ0v) is 33.1. The third kappa shape index (κ3) is 6.84. The maximum atomic E-state index is 5.22. The highest BCUT2D eigenvalue weighted by atomic mass is 15.1. The zero-order valence-electron chi connectivity index (χ0n) is 33.1. The summed E-state index contributed by atoms with van der Waals surface area (Å²) in [5.74, 6) is 2.25. The van der Waals surface area contributed by atoms with Crippen molar-refractivity contribution in [2.24, 2.45) is 0 Å². The Hall–Kier alpha value is -8.28. The molecule has 0 unspecified atom stereocenters. The van der Waals surface area contributed by atoms with Crippen LogP contribution in [0.25, 0.3) is 107 Å². The molecule has 0 fully saturated rings. The van der Waals surface area contributed by atoms with E-state index in [0.717, 1.165) is 83.8 Å². The molecular formula is C56H37N5. The van der Waals surface area contributed by atoms with Crippen LogP contribution in [-0.4, -0.2) is 24.3 Å². The average Bonchev–Trinajstić information content (AvgIpc) is 3.69. The van der Waals surface area contributed by atoms with E-state index in [4.69, 9.17) is 19.9 Å². The van der Waals surface area contributed by atoms with Gasteiger partial charge in [0.1, 0.15) is 11.5 Å². The monoisotopic (exact) mass is 779 g/mol. The molecule has 3 heterocycles. The smallest absolute Gasteiger partial charge is 0.163 e. The first-order valence-corrected chi connectivity index (χ1v) is 20.5. The van der Waals surface area contributed by atoms with Crippen molar-refractivity contribution in [3.63, 3.8) is 0 Å². The van der Waals surface area contributed by atoms with E-state index in [0.29, 0.717) is 11.6 Å². The summed E-state index contributed by atoms with van der Waals surface area (Å²) in [4.78, 5) is 20.6. The van der Waals surface area contributed by atoms with E-state index in [9.17, 15) is 0 Å². The molecule has 11 aromatic rings. The standard InChI is InChI=1S/C56H37N5/c1-5-15-38(16-6-1)39-25-31-42(32-26-39)50-37-51(58-53(57-50)45-17-7-2-8-18-45)43-33-27-40(28-34-43)41-29-35-44(36-30-41)52-48-23-13-14-24-49(48)56-60-54(46-19-9-3-10-20-46)59-55(61(52)56)47-21-11-4-12-22-47/h1-37H. The SMILES string of the molecule is c1ccc(-c2ccc(-c3cc(-c4ccc(-c5ccc(-c6c7ccccc7c7nc(-c8ccccc8)nc(-c8ccccc8)n67)cc5)cc4)nc(-c4ccccc4)n3)cc2)cc1. The predicted octanol–water partition coefficient (Wildman–Crippen LogP) is 14.0. The topological polar surface area (TPSA) is 56.0 Å². The lowest BCUT2D eigenvalue weighted by molar-refractivity contribution is 1.05. The number of aromatic nitrogens is 5. The van der Waals surface area contributed by atoms with Crippen LogP contribution in [0.1, 0.15) is 0 Å². The highest BCUT2D eigenvalue weighted by molar-refractivity contribution is 6.06. The molecule has 0 N–H and O–H groups in total. The van der Waals surface area contributed by atoms with Crippen LogP contribution in [0.3, 0.4) is 0 Å². The van der Waals surface area contributed by atoms with Crippen molar-refractivity contribution in [1.29, 1.82) is 0 Å². The van der Waals surface area contributed by atoms with E-state index in [2.05, 4.69) is 180 Å². The maximum absolute atomic E-state index is 5.22. The average molecular weight is 780 g/mol. The van der Waals surface area contributed by atoms with Crippen molar-refractivity contribution >= 4 is 16.4 Å². The summed E-state index contributed by atoms with van der Waals surface area (Å²) in [5.41, 5.74) is 14.4. The summed E-state index contributed by atoms with van der Waals surface area (Å²) in [5, 5.41) is 2.21. The van der Waals surface area contributed by atoms with Crippen LogP contribution < -0.4 is 0 Å². The fraction of sp³-hybridized carbons (Fsp3) is 0. The number of nitrogens with zero attached hydrogens (tertiary/aromatic N) is 5. The van der Waals surface area contributed by atoms with Gasteiger partial charge in [-0.15, -0.1) is 0 Å². The van der Waals surface area contributed by atoms with Gasteiger partial charge in [0.05, 0.1) is 17.1 Å². The van der Waals surface area contributed by atoms with E-state index in [-0.39, 0.29) is 0 Å². The molecule has 0 saturated carbocycles. The second kappa shape index (κ2) is 15.5. The molecule has 5 nitrogen and oxygen atoms in total. The van der Waals surface area contributed by atoms with Gasteiger partial charge in [0.15, 0.2) is 11.6 Å². The van der Waals surface area contributed by atoms with E-state index >= 15 is 0 Å². The van der Waals surface area contributed by atoms with E-state index in [1.807, 2.05) is 48.5 Å². The molecule has 0 amide bonds. The number of hydrogen-bond acceptors (Lipinski definition) is 4. The molecule has 0 saturated heterocycles. The van der Waals surface area contributed by atoms with Crippen LogP contribution in [0.15, 0.2) is 224 Å². The lowest BCUT2D eigenvalue weighted by Gasteiger charge is -2.13. The normalized spacial score (nSPS) is 11.3. The number of benzene rings is 8. The molecule has 0 aliphatic heterocycles. The van der Waals surface area contributed by atoms with Crippen molar-refractivity contribution in [3.8, 4) is 90.2 Å². The highest BCUT2D eigenvalue weighted by Gasteiger charge is 2.21. The molecule has 0 radical (unpaired) electrons. The fourth-order valence-corrected chi connectivity index (χ4v) is 8.18. The maximum Gasteiger partial charge on any atom is 0.163 e. The largest absolute Gasteiger partial charge is 0.277 e. The molecule has 8 aromatic carbocycles. The Balaban J connectivity index is 0.959. The van der Waals surface area contributed by atoms with Gasteiger partial charge in [-0.25, -0.2) is 19.9 Å². The summed E-state index contributed by atoms with van der Waals surface area (Å²) < 4.78 is 2.23. The van der Waals surface area contributed by atoms with Crippen LogP contribution in [0.5, 0.6) is 0 Å². The van der Waals surface area contributed by atoms with Gasteiger partial charge in [-0.1, -0.05) is 218 Å². The fourth-order valence-electron chi connectivity index (χ4n) is 8.18. The van der Waals surface area contributed by atoms with E-state index < -0.39 is 0 Å². The van der Waals surface area contributed by atoms with Crippen LogP contribution in [-0.2, 0) is 0 Å². The highest BCUT2D eigenvalue weighted by Crippen LogP contribution is 2.39. The Morgan fingerprint density at radius 3 is 1.11 bits per heavy atom. The van der Waals surface area contributed by atoms with Crippen molar-refractivity contribution in [2.45, 2.75) is 0 Å². The molecule has 0 aliphatic carbocycles. The molecule has 0 atom stereocenters. The van der Waals surface area contributed by atoms with Crippen molar-refractivity contribution in [1.82, 2.24) is 24.3 Å². The van der Waals surface area contributed by atoms with Gasteiger partial charge in [-0.3, -0.25) is 4.40 Å². The zero-order chi connectivity index (χ0) is 40.5. The Bertz CT molecular complexity index is 3290. The summed E-state index contributed by atoms with van der Waals surface area (Å²) in [7, 11) is 0. The first-order chi connectivity index (χ1) is 30.2. The molecule has 5 heteroatoms. The van der Waals surface area contributed by atoms with Gasteiger partial charge in [0.25, 0.3) is 0 Å². The van der Waals surface area contributed by atoms with Gasteiger partial charge in [0.2, 0.25) is 0 Å². The number of hydrogen-bond donors (Lipinski definition) is 0. The number of fused-ring (bicyclic) bond motifs is 3. The van der Waals surface area contributed by atoms with Gasteiger partial charge < -0.3 is 0 Å². The Morgan fingerprint density at radius 1 is 0.262 bits per heavy atom. The summed E-state index contributed by atoms with van der Waals surface area (Å²) in [6.07, 6.45) is 0. The Kier molecular flexibility index (Phi) is 9.10. The third-order valence-corrected chi connectivity index (χ3v) is 11.3. The van der Waals surface area contributed by atoms with Gasteiger partial charge >= 0.3 is 0 Å². The lowest BCUT2D eigenvalue weighted by atomic mass is 9.99. The minimum absolute atomic E-state index is 0.697. The first-order valence-electron chi connectivity index (χ1n) is 20.5. The molecule has 3 aromatic heterocycles. The minimum Gasteiger partial charge on any atom is -0.277 e. The molecule has 286 valence electrons. The summed E-state index contributed by atoms with van der Waals surface area (Å²) >= 11 is 0. The molecule has 0 bridgehead atoms. The minimum atomic E-state index is 0.697. The van der Waals surface area contributed by atoms with Crippen LogP contribution in [0, 0.1) is 0 Å². The van der Waals surface area contributed by atoms with E-state index in [1.165, 1.54) is 11.1 Å². The Labute approximate surface area is 354 Å².